The van der Waals surface area contributed by atoms with Gasteiger partial charge >= 0.3 is 5.97 Å². The number of nitrogens with one attached hydrogen (secondary N) is 1. The zero-order chi connectivity index (χ0) is 12.1. The maximum atomic E-state index is 11.8. The van der Waals surface area contributed by atoms with Gasteiger partial charge in [0, 0.05) is 6.04 Å². The molecule has 3 N–H and O–H groups in total. The molecule has 0 bridgehead atoms. The molecule has 1 aliphatic rings. The quantitative estimate of drug-likeness (QED) is 0.673. The van der Waals surface area contributed by atoms with E-state index in [4.69, 9.17) is 10.5 Å². The van der Waals surface area contributed by atoms with E-state index in [9.17, 15) is 9.59 Å². The lowest BCUT2D eigenvalue weighted by molar-refractivity contribution is -0.147. The molecule has 0 aromatic rings. The molecule has 0 radical (unpaired) electrons. The highest BCUT2D eigenvalue weighted by atomic mass is 16.5. The first-order valence-corrected chi connectivity index (χ1v) is 5.78. The summed E-state index contributed by atoms with van der Waals surface area (Å²) in [7, 11) is 0. The summed E-state index contributed by atoms with van der Waals surface area (Å²) in [5.41, 5.74) is 5.81. The van der Waals surface area contributed by atoms with E-state index < -0.39 is 12.0 Å². The lowest BCUT2D eigenvalue weighted by atomic mass is 10.0. The molecule has 16 heavy (non-hydrogen) atoms. The van der Waals surface area contributed by atoms with Gasteiger partial charge in [0.25, 0.3) is 0 Å². The molecule has 1 rings (SSSR count). The third kappa shape index (κ3) is 3.20. The Hall–Kier alpha value is -1.10. The lowest BCUT2D eigenvalue weighted by Gasteiger charge is -2.18. The minimum Gasteiger partial charge on any atom is -0.464 e. The van der Waals surface area contributed by atoms with Gasteiger partial charge in [-0.15, -0.1) is 0 Å². The molecule has 0 spiro atoms. The summed E-state index contributed by atoms with van der Waals surface area (Å²) in [5.74, 6) is -0.690. The number of amides is 1. The predicted octanol–water partition coefficient (Wildman–Crippen LogP) is 0.182. The molecule has 92 valence electrons. The number of ether oxygens (including phenoxy) is 1. The predicted molar refractivity (Wildman–Crippen MR) is 59.6 cm³/mol. The van der Waals surface area contributed by atoms with E-state index in [1.807, 2.05) is 0 Å². The van der Waals surface area contributed by atoms with Crippen LogP contribution in [0.1, 0.15) is 33.1 Å². The SMILES string of the molecule is CCOC(=O)C(C)NC(=O)C1CCCC1N. The van der Waals surface area contributed by atoms with Gasteiger partial charge in [-0.05, 0) is 26.7 Å². The number of hydrogen-bond acceptors (Lipinski definition) is 4. The maximum Gasteiger partial charge on any atom is 0.328 e. The standard InChI is InChI=1S/C11H20N2O3/c1-3-16-11(15)7(2)13-10(14)8-5-4-6-9(8)12/h7-9H,3-6,12H2,1-2H3,(H,13,14). The van der Waals surface area contributed by atoms with Gasteiger partial charge in [-0.2, -0.15) is 0 Å². The van der Waals surface area contributed by atoms with Gasteiger partial charge in [-0.3, -0.25) is 4.79 Å². The van der Waals surface area contributed by atoms with Gasteiger partial charge in [0.1, 0.15) is 6.04 Å². The van der Waals surface area contributed by atoms with Crippen molar-refractivity contribution in [1.82, 2.24) is 5.32 Å². The first-order valence-electron chi connectivity index (χ1n) is 5.78. The summed E-state index contributed by atoms with van der Waals surface area (Å²) >= 11 is 0. The van der Waals surface area contributed by atoms with E-state index in [2.05, 4.69) is 5.32 Å². The Morgan fingerprint density at radius 1 is 1.50 bits per heavy atom. The van der Waals surface area contributed by atoms with Crippen LogP contribution in [-0.2, 0) is 14.3 Å². The topological polar surface area (TPSA) is 81.4 Å². The number of nitrogens with two attached hydrogens (primary N) is 1. The minimum atomic E-state index is -0.597. The zero-order valence-corrected chi connectivity index (χ0v) is 9.86. The van der Waals surface area contributed by atoms with Crippen molar-refractivity contribution in [2.45, 2.75) is 45.2 Å². The molecule has 1 aliphatic carbocycles. The number of hydrogen-bond donors (Lipinski definition) is 2. The normalized spacial score (nSPS) is 26.2. The molecule has 5 heteroatoms. The van der Waals surface area contributed by atoms with Gasteiger partial charge < -0.3 is 15.8 Å². The third-order valence-electron chi connectivity index (χ3n) is 2.91. The van der Waals surface area contributed by atoms with Crippen molar-refractivity contribution in [3.63, 3.8) is 0 Å². The summed E-state index contributed by atoms with van der Waals surface area (Å²) in [6.07, 6.45) is 2.67. The van der Waals surface area contributed by atoms with Crippen LogP contribution < -0.4 is 11.1 Å². The monoisotopic (exact) mass is 228 g/mol. The smallest absolute Gasteiger partial charge is 0.328 e. The van der Waals surface area contributed by atoms with Crippen molar-refractivity contribution in [2.75, 3.05) is 6.61 Å². The molecule has 0 aromatic heterocycles. The molecular weight excluding hydrogens is 208 g/mol. The fourth-order valence-corrected chi connectivity index (χ4v) is 1.96. The summed E-state index contributed by atoms with van der Waals surface area (Å²) < 4.78 is 4.81. The highest BCUT2D eigenvalue weighted by molar-refractivity contribution is 5.86. The third-order valence-corrected chi connectivity index (χ3v) is 2.91. The minimum absolute atomic E-state index is 0.0746. The first kappa shape index (κ1) is 13.0. The Kier molecular flexibility index (Phi) is 4.73. The molecule has 1 amide bonds. The second-order valence-electron chi connectivity index (χ2n) is 4.18. The van der Waals surface area contributed by atoms with Crippen molar-refractivity contribution in [2.24, 2.45) is 11.7 Å². The van der Waals surface area contributed by atoms with Crippen LogP contribution in [0.25, 0.3) is 0 Å². The number of carbonyl (C=O) groups is 2. The average molecular weight is 228 g/mol. The van der Waals surface area contributed by atoms with E-state index in [1.165, 1.54) is 0 Å². The van der Waals surface area contributed by atoms with E-state index in [-0.39, 0.29) is 17.9 Å². The second kappa shape index (κ2) is 5.84. The fourth-order valence-electron chi connectivity index (χ4n) is 1.96. The molecule has 0 aliphatic heterocycles. The highest BCUT2D eigenvalue weighted by Crippen LogP contribution is 2.24. The van der Waals surface area contributed by atoms with E-state index in [0.717, 1.165) is 19.3 Å². The van der Waals surface area contributed by atoms with Gasteiger partial charge in [0.15, 0.2) is 0 Å². The Morgan fingerprint density at radius 3 is 2.69 bits per heavy atom. The molecule has 0 aromatic carbocycles. The van der Waals surface area contributed by atoms with Crippen LogP contribution in [-0.4, -0.2) is 30.6 Å². The molecule has 1 saturated carbocycles. The summed E-state index contributed by atoms with van der Waals surface area (Å²) in [4.78, 5) is 23.1. The Balaban J connectivity index is 2.41. The van der Waals surface area contributed by atoms with Crippen molar-refractivity contribution in [3.05, 3.63) is 0 Å². The van der Waals surface area contributed by atoms with Crippen molar-refractivity contribution < 1.29 is 14.3 Å². The van der Waals surface area contributed by atoms with Crippen LogP contribution in [0.4, 0.5) is 0 Å². The summed E-state index contributed by atoms with van der Waals surface area (Å²) in [6, 6.07) is -0.672. The zero-order valence-electron chi connectivity index (χ0n) is 9.86. The largest absolute Gasteiger partial charge is 0.464 e. The summed E-state index contributed by atoms with van der Waals surface area (Å²) in [5, 5.41) is 2.64. The molecule has 3 unspecified atom stereocenters. The van der Waals surface area contributed by atoms with Crippen LogP contribution in [0.3, 0.4) is 0 Å². The van der Waals surface area contributed by atoms with Gasteiger partial charge in [-0.1, -0.05) is 6.42 Å². The van der Waals surface area contributed by atoms with E-state index >= 15 is 0 Å². The van der Waals surface area contributed by atoms with E-state index in [0.29, 0.717) is 6.61 Å². The van der Waals surface area contributed by atoms with Crippen LogP contribution in [0.15, 0.2) is 0 Å². The lowest BCUT2D eigenvalue weighted by Crippen LogP contribution is -2.45. The van der Waals surface area contributed by atoms with Crippen molar-refractivity contribution in [1.29, 1.82) is 0 Å². The molecule has 3 atom stereocenters. The fraction of sp³-hybridized carbons (Fsp3) is 0.818. The Labute approximate surface area is 95.7 Å². The van der Waals surface area contributed by atoms with Crippen LogP contribution in [0, 0.1) is 5.92 Å². The highest BCUT2D eigenvalue weighted by Gasteiger charge is 2.31. The average Bonchev–Trinajstić information content (AvgIpc) is 2.64. The van der Waals surface area contributed by atoms with E-state index in [1.54, 1.807) is 13.8 Å². The van der Waals surface area contributed by atoms with Gasteiger partial charge in [-0.25, -0.2) is 4.79 Å². The molecule has 1 fully saturated rings. The van der Waals surface area contributed by atoms with Gasteiger partial charge in [0.05, 0.1) is 12.5 Å². The Morgan fingerprint density at radius 2 is 2.19 bits per heavy atom. The molecule has 5 nitrogen and oxygen atoms in total. The van der Waals surface area contributed by atoms with Crippen LogP contribution in [0.5, 0.6) is 0 Å². The van der Waals surface area contributed by atoms with Crippen LogP contribution in [0.2, 0.25) is 0 Å². The van der Waals surface area contributed by atoms with Gasteiger partial charge in [0.2, 0.25) is 5.91 Å². The number of esters is 1. The van der Waals surface area contributed by atoms with Crippen LogP contribution >= 0.6 is 0 Å². The summed E-state index contributed by atoms with van der Waals surface area (Å²) in [6.45, 7) is 3.68. The molecular formula is C11H20N2O3. The molecule has 0 heterocycles. The number of carbonyl (C=O) groups excluding carboxylic acids is 2. The molecule has 0 saturated heterocycles. The maximum absolute atomic E-state index is 11.8. The second-order valence-corrected chi connectivity index (χ2v) is 4.18. The Bertz CT molecular complexity index is 268. The van der Waals surface area contributed by atoms with Crippen molar-refractivity contribution >= 4 is 11.9 Å². The number of rotatable bonds is 4. The van der Waals surface area contributed by atoms with Crippen molar-refractivity contribution in [3.8, 4) is 0 Å². The first-order chi connectivity index (χ1) is 7.56.